The highest BCUT2D eigenvalue weighted by Crippen LogP contribution is 2.31. The summed E-state index contributed by atoms with van der Waals surface area (Å²) in [6, 6.07) is 14.8. The Bertz CT molecular complexity index is 1030. The quantitative estimate of drug-likeness (QED) is 0.473. The Balaban J connectivity index is 1.95. The summed E-state index contributed by atoms with van der Waals surface area (Å²) in [5.41, 5.74) is 3.22. The number of nitrogens with zero attached hydrogens (tertiary/aromatic N) is 2. The number of aryl methyl sites for hydroxylation is 1. The van der Waals surface area contributed by atoms with Crippen LogP contribution in [0.1, 0.15) is 26.0 Å². The highest BCUT2D eigenvalue weighted by molar-refractivity contribution is 6.12. The van der Waals surface area contributed by atoms with Gasteiger partial charge in [-0.05, 0) is 36.4 Å². The second kappa shape index (κ2) is 5.82. The third-order valence-electron chi connectivity index (χ3n) is 4.74. The molecule has 0 saturated heterocycles. The third-order valence-corrected chi connectivity index (χ3v) is 4.74. The van der Waals surface area contributed by atoms with E-state index in [1.165, 1.54) is 21.7 Å². The van der Waals surface area contributed by atoms with E-state index in [1.807, 2.05) is 6.92 Å². The van der Waals surface area contributed by atoms with Crippen molar-refractivity contribution in [1.82, 2.24) is 9.38 Å². The Morgan fingerprint density at radius 2 is 1.88 bits per heavy atom. The lowest BCUT2D eigenvalue weighted by Crippen LogP contribution is -2.07. The fraction of sp³-hybridized carbons (Fsp3) is 0.286. The van der Waals surface area contributed by atoms with Gasteiger partial charge in [-0.15, -0.1) is 0 Å². The summed E-state index contributed by atoms with van der Waals surface area (Å²) < 4.78 is 8.19. The maximum absolute atomic E-state index is 6.01. The van der Waals surface area contributed by atoms with Crippen molar-refractivity contribution >= 4 is 27.3 Å². The molecule has 1 unspecified atom stereocenters. The van der Waals surface area contributed by atoms with E-state index in [9.17, 15) is 0 Å². The van der Waals surface area contributed by atoms with Crippen LogP contribution in [0.25, 0.3) is 27.3 Å². The first-order chi connectivity index (χ1) is 11.7. The van der Waals surface area contributed by atoms with Crippen molar-refractivity contribution in [3.05, 3.63) is 54.4 Å². The molecule has 2 aromatic heterocycles. The van der Waals surface area contributed by atoms with Crippen LogP contribution in [0.2, 0.25) is 0 Å². The lowest BCUT2D eigenvalue weighted by atomic mass is 10.1. The summed E-state index contributed by atoms with van der Waals surface area (Å²) in [5, 5.41) is 3.61. The van der Waals surface area contributed by atoms with Crippen LogP contribution in [-0.4, -0.2) is 16.0 Å². The molecule has 0 fully saturated rings. The molecule has 4 rings (SSSR count). The summed E-state index contributed by atoms with van der Waals surface area (Å²) in [7, 11) is 0. The molecule has 0 radical (unpaired) electrons. The number of benzene rings is 2. The maximum atomic E-state index is 6.01. The number of aromatic nitrogens is 2. The molecule has 2 aromatic carbocycles. The van der Waals surface area contributed by atoms with Gasteiger partial charge in [-0.2, -0.15) is 0 Å². The highest BCUT2D eigenvalue weighted by Gasteiger charge is 2.11. The zero-order chi connectivity index (χ0) is 16.7. The van der Waals surface area contributed by atoms with Gasteiger partial charge in [0.2, 0.25) is 0 Å². The standard InChI is InChI=1S/C21H22N2O/c1-4-14(2)13-24-16-9-10-20-19(11-16)17-7-5-6-8-18(17)21-22-15(3)12-23(20)21/h5-12,14H,4,13H2,1-3H3. The minimum absolute atomic E-state index is 0.566. The van der Waals surface area contributed by atoms with Gasteiger partial charge < -0.3 is 4.74 Å². The van der Waals surface area contributed by atoms with Gasteiger partial charge in [-0.1, -0.05) is 44.5 Å². The van der Waals surface area contributed by atoms with Crippen LogP contribution in [-0.2, 0) is 0 Å². The summed E-state index contributed by atoms with van der Waals surface area (Å²) in [4.78, 5) is 4.72. The Morgan fingerprint density at radius 3 is 2.67 bits per heavy atom. The van der Waals surface area contributed by atoms with Crippen LogP contribution in [0.5, 0.6) is 5.75 Å². The molecule has 3 nitrogen and oxygen atoms in total. The molecular formula is C21H22N2O. The van der Waals surface area contributed by atoms with E-state index in [0.717, 1.165) is 30.1 Å². The van der Waals surface area contributed by atoms with Crippen LogP contribution < -0.4 is 4.74 Å². The molecule has 0 bridgehead atoms. The van der Waals surface area contributed by atoms with E-state index in [1.54, 1.807) is 0 Å². The predicted octanol–water partition coefficient (Wildman–Crippen LogP) is 5.37. The van der Waals surface area contributed by atoms with Gasteiger partial charge in [0, 0.05) is 17.0 Å². The van der Waals surface area contributed by atoms with Gasteiger partial charge in [-0.3, -0.25) is 4.40 Å². The van der Waals surface area contributed by atoms with Gasteiger partial charge in [0.25, 0.3) is 0 Å². The zero-order valence-electron chi connectivity index (χ0n) is 14.4. The van der Waals surface area contributed by atoms with Gasteiger partial charge in [0.15, 0.2) is 0 Å². The number of imidazole rings is 1. The Hall–Kier alpha value is -2.55. The van der Waals surface area contributed by atoms with Crippen LogP contribution >= 0.6 is 0 Å². The molecule has 24 heavy (non-hydrogen) atoms. The molecule has 0 aliphatic carbocycles. The number of ether oxygens (including phenoxy) is 1. The van der Waals surface area contributed by atoms with Crippen LogP contribution in [0, 0.1) is 12.8 Å². The molecule has 122 valence electrons. The molecule has 0 N–H and O–H groups in total. The zero-order valence-corrected chi connectivity index (χ0v) is 14.4. The van der Waals surface area contributed by atoms with E-state index in [2.05, 4.69) is 66.9 Å². The van der Waals surface area contributed by atoms with Gasteiger partial charge >= 0.3 is 0 Å². The monoisotopic (exact) mass is 318 g/mol. The fourth-order valence-electron chi connectivity index (χ4n) is 3.17. The average Bonchev–Trinajstić information content (AvgIpc) is 3.01. The maximum Gasteiger partial charge on any atom is 0.145 e. The first-order valence-corrected chi connectivity index (χ1v) is 8.60. The van der Waals surface area contributed by atoms with Gasteiger partial charge in [0.05, 0.1) is 17.8 Å². The topological polar surface area (TPSA) is 26.5 Å². The first kappa shape index (κ1) is 15.0. The number of hydrogen-bond acceptors (Lipinski definition) is 2. The Labute approximate surface area is 141 Å². The summed E-state index contributed by atoms with van der Waals surface area (Å²) >= 11 is 0. The second-order valence-corrected chi connectivity index (χ2v) is 6.62. The van der Waals surface area contributed by atoms with Crippen molar-refractivity contribution in [2.24, 2.45) is 5.92 Å². The SMILES string of the molecule is CCC(C)COc1ccc2c(c1)c1ccccc1c1nc(C)cn21. The van der Waals surface area contributed by atoms with E-state index >= 15 is 0 Å². The molecule has 0 aliphatic heterocycles. The van der Waals surface area contributed by atoms with E-state index < -0.39 is 0 Å². The summed E-state index contributed by atoms with van der Waals surface area (Å²) in [6.45, 7) is 7.21. The smallest absolute Gasteiger partial charge is 0.145 e. The van der Waals surface area contributed by atoms with E-state index in [0.29, 0.717) is 5.92 Å². The second-order valence-electron chi connectivity index (χ2n) is 6.62. The first-order valence-electron chi connectivity index (χ1n) is 8.60. The molecule has 0 amide bonds. The highest BCUT2D eigenvalue weighted by atomic mass is 16.5. The van der Waals surface area contributed by atoms with Crippen LogP contribution in [0.15, 0.2) is 48.7 Å². The van der Waals surface area contributed by atoms with Crippen molar-refractivity contribution in [2.45, 2.75) is 27.2 Å². The van der Waals surface area contributed by atoms with E-state index in [4.69, 9.17) is 9.72 Å². The Morgan fingerprint density at radius 1 is 1.08 bits per heavy atom. The summed E-state index contributed by atoms with van der Waals surface area (Å²) in [5.74, 6) is 1.50. The average molecular weight is 318 g/mol. The lowest BCUT2D eigenvalue weighted by molar-refractivity contribution is 0.257. The molecular weight excluding hydrogens is 296 g/mol. The third kappa shape index (κ3) is 2.41. The molecule has 1 atom stereocenters. The number of hydrogen-bond donors (Lipinski definition) is 0. The van der Waals surface area contributed by atoms with Crippen molar-refractivity contribution in [2.75, 3.05) is 6.61 Å². The van der Waals surface area contributed by atoms with Crippen molar-refractivity contribution in [3.8, 4) is 5.75 Å². The normalized spacial score (nSPS) is 13.0. The fourth-order valence-corrected chi connectivity index (χ4v) is 3.17. The Kier molecular flexibility index (Phi) is 3.64. The van der Waals surface area contributed by atoms with Crippen molar-refractivity contribution in [1.29, 1.82) is 0 Å². The minimum atomic E-state index is 0.566. The summed E-state index contributed by atoms with van der Waals surface area (Å²) in [6.07, 6.45) is 3.23. The molecule has 3 heteroatoms. The number of fused-ring (bicyclic) bond motifs is 6. The molecule has 0 aliphatic rings. The molecule has 2 heterocycles. The lowest BCUT2D eigenvalue weighted by Gasteiger charge is -2.13. The van der Waals surface area contributed by atoms with Crippen LogP contribution in [0.4, 0.5) is 0 Å². The molecule has 0 spiro atoms. The van der Waals surface area contributed by atoms with Crippen molar-refractivity contribution in [3.63, 3.8) is 0 Å². The van der Waals surface area contributed by atoms with Gasteiger partial charge in [-0.25, -0.2) is 4.98 Å². The largest absolute Gasteiger partial charge is 0.493 e. The van der Waals surface area contributed by atoms with Crippen molar-refractivity contribution < 1.29 is 4.74 Å². The van der Waals surface area contributed by atoms with Gasteiger partial charge in [0.1, 0.15) is 11.4 Å². The van der Waals surface area contributed by atoms with E-state index in [-0.39, 0.29) is 0 Å². The number of rotatable bonds is 4. The molecule has 4 aromatic rings. The number of pyridine rings is 1. The molecule has 0 saturated carbocycles. The van der Waals surface area contributed by atoms with Crippen LogP contribution in [0.3, 0.4) is 0 Å². The predicted molar refractivity (Wildman–Crippen MR) is 99.9 cm³/mol. The minimum Gasteiger partial charge on any atom is -0.493 e.